The molecule has 0 spiro atoms. The van der Waals surface area contributed by atoms with Gasteiger partial charge in [-0.3, -0.25) is 0 Å². The van der Waals surface area contributed by atoms with Crippen molar-refractivity contribution in [2.75, 3.05) is 0 Å². The van der Waals surface area contributed by atoms with E-state index in [2.05, 4.69) is 33.4 Å². The van der Waals surface area contributed by atoms with Crippen LogP contribution >= 0.6 is 0 Å². The highest BCUT2D eigenvalue weighted by Gasteiger charge is 2.57. The smallest absolute Gasteiger partial charge is 0.00790 e. The summed E-state index contributed by atoms with van der Waals surface area (Å²) in [5, 5.41) is 0. The lowest BCUT2D eigenvalue weighted by atomic mass is 9.47. The van der Waals surface area contributed by atoms with E-state index in [0.29, 0.717) is 10.8 Å². The van der Waals surface area contributed by atoms with E-state index >= 15 is 0 Å². The summed E-state index contributed by atoms with van der Waals surface area (Å²) < 4.78 is 0. The molecule has 0 aromatic carbocycles. The molecule has 0 bridgehead atoms. The SMILES string of the molecule is C=C1C=C2CCC3C(CCC4(C)C(C)CCC34)C2(C)CC1.CC.CC.CC. The molecule has 6 atom stereocenters. The van der Waals surface area contributed by atoms with Crippen molar-refractivity contribution in [1.29, 1.82) is 0 Å². The maximum Gasteiger partial charge on any atom is -0.00790 e. The molecule has 3 fully saturated rings. The first-order valence-electron chi connectivity index (χ1n) is 12.3. The first-order valence-corrected chi connectivity index (χ1v) is 12.3. The Labute approximate surface area is 172 Å². The summed E-state index contributed by atoms with van der Waals surface area (Å²) in [4.78, 5) is 0. The molecule has 158 valence electrons. The van der Waals surface area contributed by atoms with Gasteiger partial charge in [0, 0.05) is 0 Å². The van der Waals surface area contributed by atoms with Gasteiger partial charge in [-0.1, -0.05) is 86.1 Å². The quantitative estimate of drug-likeness (QED) is 0.396. The predicted octanol–water partition coefficient (Wildman–Crippen LogP) is 9.22. The van der Waals surface area contributed by atoms with E-state index in [1.165, 1.54) is 56.9 Å². The summed E-state index contributed by atoms with van der Waals surface area (Å²) in [6.07, 6.45) is 13.9. The van der Waals surface area contributed by atoms with Gasteiger partial charge >= 0.3 is 0 Å². The fraction of sp³-hybridized carbons (Fsp3) is 0.852. The van der Waals surface area contributed by atoms with E-state index < -0.39 is 0 Å². The summed E-state index contributed by atoms with van der Waals surface area (Å²) in [6, 6.07) is 0. The number of hydrogen-bond donors (Lipinski definition) is 0. The van der Waals surface area contributed by atoms with E-state index in [1.807, 2.05) is 41.5 Å². The number of hydrogen-bond acceptors (Lipinski definition) is 0. The predicted molar refractivity (Wildman–Crippen MR) is 124 cm³/mol. The Kier molecular flexibility index (Phi) is 9.36. The molecule has 4 aliphatic rings. The first kappa shape index (κ1) is 24.5. The minimum absolute atomic E-state index is 0.511. The van der Waals surface area contributed by atoms with Crippen molar-refractivity contribution in [3.63, 3.8) is 0 Å². The van der Waals surface area contributed by atoms with E-state index in [1.54, 1.807) is 5.57 Å². The van der Waals surface area contributed by atoms with Crippen molar-refractivity contribution >= 4 is 0 Å². The lowest BCUT2D eigenvalue weighted by molar-refractivity contribution is -0.0473. The van der Waals surface area contributed by atoms with E-state index in [9.17, 15) is 0 Å². The van der Waals surface area contributed by atoms with Crippen molar-refractivity contribution in [2.45, 2.75) is 114 Å². The van der Waals surface area contributed by atoms with Gasteiger partial charge in [0.05, 0.1) is 0 Å². The van der Waals surface area contributed by atoms with E-state index in [0.717, 1.165) is 23.7 Å². The maximum absolute atomic E-state index is 4.24. The van der Waals surface area contributed by atoms with Gasteiger partial charge in [0.15, 0.2) is 0 Å². The third-order valence-electron chi connectivity index (χ3n) is 8.55. The van der Waals surface area contributed by atoms with Crippen molar-refractivity contribution in [3.8, 4) is 0 Å². The average Bonchev–Trinajstić information content (AvgIpc) is 3.02. The van der Waals surface area contributed by atoms with Crippen LogP contribution in [-0.2, 0) is 0 Å². The fourth-order valence-corrected chi connectivity index (χ4v) is 6.91. The molecule has 0 nitrogen and oxygen atoms in total. The number of allylic oxidation sites excluding steroid dienone is 3. The zero-order valence-electron chi connectivity index (χ0n) is 20.3. The zero-order chi connectivity index (χ0) is 20.8. The Hall–Kier alpha value is -0.520. The molecule has 3 saturated carbocycles. The van der Waals surface area contributed by atoms with Crippen molar-refractivity contribution < 1.29 is 0 Å². The van der Waals surface area contributed by atoms with Crippen LogP contribution in [0.3, 0.4) is 0 Å². The van der Waals surface area contributed by atoms with Crippen molar-refractivity contribution in [1.82, 2.24) is 0 Å². The third-order valence-corrected chi connectivity index (χ3v) is 8.55. The molecule has 0 N–H and O–H groups in total. The monoisotopic (exact) mass is 374 g/mol. The Morgan fingerprint density at radius 2 is 1.44 bits per heavy atom. The first-order chi connectivity index (χ1) is 12.9. The Morgan fingerprint density at radius 1 is 0.815 bits per heavy atom. The molecule has 0 heteroatoms. The molecule has 0 radical (unpaired) electrons. The topological polar surface area (TPSA) is 0 Å². The van der Waals surface area contributed by atoms with Gasteiger partial charge in [-0.25, -0.2) is 0 Å². The van der Waals surface area contributed by atoms with Gasteiger partial charge in [0.25, 0.3) is 0 Å². The van der Waals surface area contributed by atoms with Gasteiger partial charge in [-0.2, -0.15) is 0 Å². The number of rotatable bonds is 0. The standard InChI is InChI=1S/C21H32.3C2H6/c1-14-9-11-21(4)16(13-14)6-7-17-18-8-5-15(2)20(18,3)12-10-19(17)21;3*1-2/h13,15,17-19H,1,5-12H2,2-4H3;3*1-2H3. The summed E-state index contributed by atoms with van der Waals surface area (Å²) in [5.41, 5.74) is 4.32. The van der Waals surface area contributed by atoms with Gasteiger partial charge in [-0.05, 0) is 85.9 Å². The second-order valence-electron chi connectivity index (χ2n) is 9.18. The van der Waals surface area contributed by atoms with Crippen LogP contribution < -0.4 is 0 Å². The van der Waals surface area contributed by atoms with Crippen molar-refractivity contribution in [2.24, 2.45) is 34.5 Å². The molecule has 0 heterocycles. The fourth-order valence-electron chi connectivity index (χ4n) is 6.91. The third kappa shape index (κ3) is 4.25. The maximum atomic E-state index is 4.24. The lowest BCUT2D eigenvalue weighted by Gasteiger charge is -2.58. The van der Waals surface area contributed by atoms with Crippen LogP contribution in [0.4, 0.5) is 0 Å². The highest BCUT2D eigenvalue weighted by molar-refractivity contribution is 5.33. The van der Waals surface area contributed by atoms with Crippen LogP contribution in [0.5, 0.6) is 0 Å². The Balaban J connectivity index is 0.000000556. The molecule has 0 aliphatic heterocycles. The van der Waals surface area contributed by atoms with Crippen LogP contribution in [0.2, 0.25) is 0 Å². The zero-order valence-corrected chi connectivity index (χ0v) is 20.3. The normalized spacial score (nSPS) is 41.7. The summed E-state index contributed by atoms with van der Waals surface area (Å²) in [7, 11) is 0. The Bertz CT molecular complexity index is 498. The van der Waals surface area contributed by atoms with Gasteiger partial charge in [-0.15, -0.1) is 0 Å². The van der Waals surface area contributed by atoms with E-state index in [4.69, 9.17) is 0 Å². The molecular formula is C27H50. The lowest BCUT2D eigenvalue weighted by Crippen LogP contribution is -2.49. The van der Waals surface area contributed by atoms with Crippen LogP contribution in [-0.4, -0.2) is 0 Å². The molecule has 27 heavy (non-hydrogen) atoms. The molecule has 0 amide bonds. The van der Waals surface area contributed by atoms with Gasteiger partial charge < -0.3 is 0 Å². The summed E-state index contributed by atoms with van der Waals surface area (Å²) in [5.74, 6) is 3.96. The van der Waals surface area contributed by atoms with Crippen molar-refractivity contribution in [3.05, 3.63) is 23.8 Å². The Morgan fingerprint density at radius 3 is 2.07 bits per heavy atom. The molecular weight excluding hydrogens is 324 g/mol. The van der Waals surface area contributed by atoms with Gasteiger partial charge in [0.2, 0.25) is 0 Å². The van der Waals surface area contributed by atoms with Crippen LogP contribution in [0.15, 0.2) is 23.8 Å². The second-order valence-corrected chi connectivity index (χ2v) is 9.18. The molecule has 6 unspecified atom stereocenters. The minimum Gasteiger partial charge on any atom is -0.0958 e. The van der Waals surface area contributed by atoms with Gasteiger partial charge in [0.1, 0.15) is 0 Å². The molecule has 0 aromatic heterocycles. The number of fused-ring (bicyclic) bond motifs is 5. The van der Waals surface area contributed by atoms with E-state index in [-0.39, 0.29) is 0 Å². The molecule has 0 aromatic rings. The minimum atomic E-state index is 0.511. The van der Waals surface area contributed by atoms with Crippen LogP contribution in [0.25, 0.3) is 0 Å². The highest BCUT2D eigenvalue weighted by atomic mass is 14.6. The second kappa shape index (κ2) is 10.3. The van der Waals surface area contributed by atoms with Crippen LogP contribution in [0, 0.1) is 34.5 Å². The summed E-state index contributed by atoms with van der Waals surface area (Å²) >= 11 is 0. The summed E-state index contributed by atoms with van der Waals surface area (Å²) in [6.45, 7) is 24.0. The highest BCUT2D eigenvalue weighted by Crippen LogP contribution is 2.66. The van der Waals surface area contributed by atoms with Crippen LogP contribution in [0.1, 0.15) is 114 Å². The average molecular weight is 375 g/mol. The molecule has 0 saturated heterocycles. The largest absolute Gasteiger partial charge is 0.0958 e. The molecule has 4 rings (SSSR count). The molecule has 4 aliphatic carbocycles.